The molecule has 106 valence electrons. The van der Waals surface area contributed by atoms with E-state index in [-0.39, 0.29) is 5.56 Å². The Balaban J connectivity index is 2.00. The third-order valence-electron chi connectivity index (χ3n) is 3.30. The summed E-state index contributed by atoms with van der Waals surface area (Å²) in [5.74, 6) is 0.798. The fourth-order valence-corrected chi connectivity index (χ4v) is 2.53. The molecule has 0 spiro atoms. The first-order valence-electron chi connectivity index (χ1n) is 6.45. The van der Waals surface area contributed by atoms with Crippen molar-refractivity contribution in [1.82, 2.24) is 9.55 Å². The van der Waals surface area contributed by atoms with Crippen LogP contribution in [-0.2, 0) is 6.54 Å². The molecule has 21 heavy (non-hydrogen) atoms. The number of hydrogen-bond acceptors (Lipinski definition) is 3. The first kappa shape index (κ1) is 13.8. The maximum absolute atomic E-state index is 12.5. The average Bonchev–Trinajstić information content (AvgIpc) is 2.51. The SMILES string of the molecule is COc1ccc(Cn2cnc3ccc(Br)cc3c2=O)cc1. The molecule has 0 saturated heterocycles. The third kappa shape index (κ3) is 2.83. The summed E-state index contributed by atoms with van der Waals surface area (Å²) < 4.78 is 7.61. The van der Waals surface area contributed by atoms with Gasteiger partial charge in [0.15, 0.2) is 0 Å². The normalized spacial score (nSPS) is 10.8. The Morgan fingerprint density at radius 3 is 2.67 bits per heavy atom. The van der Waals surface area contributed by atoms with Crippen molar-refractivity contribution in [3.63, 3.8) is 0 Å². The fourth-order valence-electron chi connectivity index (χ4n) is 2.17. The Morgan fingerprint density at radius 1 is 1.19 bits per heavy atom. The largest absolute Gasteiger partial charge is 0.497 e. The number of halogens is 1. The Bertz CT molecular complexity index is 841. The number of aromatic nitrogens is 2. The molecule has 0 unspecified atom stereocenters. The number of rotatable bonds is 3. The van der Waals surface area contributed by atoms with Gasteiger partial charge in [0.05, 0.1) is 30.9 Å². The molecule has 0 fully saturated rings. The molecule has 5 heteroatoms. The van der Waals surface area contributed by atoms with E-state index in [4.69, 9.17) is 4.74 Å². The minimum Gasteiger partial charge on any atom is -0.497 e. The second kappa shape index (κ2) is 5.69. The molecule has 0 amide bonds. The Morgan fingerprint density at radius 2 is 1.95 bits per heavy atom. The summed E-state index contributed by atoms with van der Waals surface area (Å²) >= 11 is 3.38. The highest BCUT2D eigenvalue weighted by molar-refractivity contribution is 9.10. The van der Waals surface area contributed by atoms with Crippen LogP contribution in [0, 0.1) is 0 Å². The van der Waals surface area contributed by atoms with E-state index in [1.165, 1.54) is 0 Å². The Hall–Kier alpha value is -2.14. The molecular weight excluding hydrogens is 332 g/mol. The lowest BCUT2D eigenvalue weighted by molar-refractivity contribution is 0.414. The number of hydrogen-bond donors (Lipinski definition) is 0. The molecule has 4 nitrogen and oxygen atoms in total. The van der Waals surface area contributed by atoms with Gasteiger partial charge in [-0.3, -0.25) is 9.36 Å². The van der Waals surface area contributed by atoms with Crippen molar-refractivity contribution in [3.8, 4) is 5.75 Å². The zero-order chi connectivity index (χ0) is 14.8. The highest BCUT2D eigenvalue weighted by atomic mass is 79.9. The molecule has 3 rings (SSSR count). The van der Waals surface area contributed by atoms with E-state index in [0.717, 1.165) is 15.8 Å². The van der Waals surface area contributed by atoms with Gasteiger partial charge in [0, 0.05) is 4.47 Å². The summed E-state index contributed by atoms with van der Waals surface area (Å²) in [4.78, 5) is 16.8. The summed E-state index contributed by atoms with van der Waals surface area (Å²) in [5.41, 5.74) is 1.68. The van der Waals surface area contributed by atoms with Gasteiger partial charge in [-0.05, 0) is 35.9 Å². The van der Waals surface area contributed by atoms with E-state index in [0.29, 0.717) is 17.4 Å². The predicted molar refractivity (Wildman–Crippen MR) is 85.8 cm³/mol. The highest BCUT2D eigenvalue weighted by Gasteiger charge is 2.05. The molecule has 0 saturated carbocycles. The van der Waals surface area contributed by atoms with E-state index in [9.17, 15) is 4.79 Å². The van der Waals surface area contributed by atoms with E-state index in [2.05, 4.69) is 20.9 Å². The van der Waals surface area contributed by atoms with Crippen molar-refractivity contribution in [3.05, 3.63) is 69.2 Å². The second-order valence-corrected chi connectivity index (χ2v) is 5.60. The van der Waals surface area contributed by atoms with Crippen LogP contribution in [0.5, 0.6) is 5.75 Å². The Kier molecular flexibility index (Phi) is 3.75. The number of fused-ring (bicyclic) bond motifs is 1. The van der Waals surface area contributed by atoms with Gasteiger partial charge in [-0.15, -0.1) is 0 Å². The molecule has 0 bridgehead atoms. The first-order chi connectivity index (χ1) is 10.2. The predicted octanol–water partition coefficient (Wildman–Crippen LogP) is 3.22. The monoisotopic (exact) mass is 344 g/mol. The highest BCUT2D eigenvalue weighted by Crippen LogP contribution is 2.16. The molecule has 0 aliphatic carbocycles. The molecule has 0 aliphatic heterocycles. The molecule has 0 atom stereocenters. The minimum absolute atomic E-state index is 0.0443. The van der Waals surface area contributed by atoms with Crippen molar-refractivity contribution in [1.29, 1.82) is 0 Å². The molecular formula is C16H13BrN2O2. The van der Waals surface area contributed by atoms with E-state index in [1.54, 1.807) is 24.1 Å². The van der Waals surface area contributed by atoms with Crippen LogP contribution in [0.25, 0.3) is 10.9 Å². The van der Waals surface area contributed by atoms with E-state index < -0.39 is 0 Å². The van der Waals surface area contributed by atoms with Crippen molar-refractivity contribution < 1.29 is 4.74 Å². The van der Waals surface area contributed by atoms with E-state index >= 15 is 0 Å². The van der Waals surface area contributed by atoms with Crippen molar-refractivity contribution in [2.45, 2.75) is 6.54 Å². The van der Waals surface area contributed by atoms with Crippen LogP contribution >= 0.6 is 15.9 Å². The number of nitrogens with zero attached hydrogens (tertiary/aromatic N) is 2. The molecule has 3 aromatic rings. The third-order valence-corrected chi connectivity index (χ3v) is 3.79. The molecule has 0 aliphatic rings. The average molecular weight is 345 g/mol. The summed E-state index contributed by atoms with van der Waals surface area (Å²) in [7, 11) is 1.63. The fraction of sp³-hybridized carbons (Fsp3) is 0.125. The second-order valence-electron chi connectivity index (χ2n) is 4.69. The van der Waals surface area contributed by atoms with Crippen molar-refractivity contribution in [2.24, 2.45) is 0 Å². The van der Waals surface area contributed by atoms with Crippen LogP contribution in [0.4, 0.5) is 0 Å². The number of benzene rings is 2. The van der Waals surface area contributed by atoms with E-state index in [1.807, 2.05) is 36.4 Å². The van der Waals surface area contributed by atoms with Gasteiger partial charge in [-0.1, -0.05) is 28.1 Å². The molecule has 1 aromatic heterocycles. The summed E-state index contributed by atoms with van der Waals surface area (Å²) in [5, 5.41) is 0.611. The first-order valence-corrected chi connectivity index (χ1v) is 7.24. The summed E-state index contributed by atoms with van der Waals surface area (Å²) in [6, 6.07) is 13.2. The van der Waals surface area contributed by atoms with Crippen LogP contribution in [0.3, 0.4) is 0 Å². The van der Waals surface area contributed by atoms with Crippen molar-refractivity contribution >= 4 is 26.8 Å². The topological polar surface area (TPSA) is 44.1 Å². The zero-order valence-electron chi connectivity index (χ0n) is 11.4. The summed E-state index contributed by atoms with van der Waals surface area (Å²) in [6.07, 6.45) is 1.59. The van der Waals surface area contributed by atoms with Gasteiger partial charge in [0.1, 0.15) is 5.75 Å². The van der Waals surface area contributed by atoms with Crippen LogP contribution in [0.15, 0.2) is 58.1 Å². The van der Waals surface area contributed by atoms with Crippen LogP contribution in [-0.4, -0.2) is 16.7 Å². The van der Waals surface area contributed by atoms with Crippen molar-refractivity contribution in [2.75, 3.05) is 7.11 Å². The zero-order valence-corrected chi connectivity index (χ0v) is 13.0. The van der Waals surface area contributed by atoms with Gasteiger partial charge in [0.25, 0.3) is 5.56 Å². The lowest BCUT2D eigenvalue weighted by atomic mass is 10.2. The quantitative estimate of drug-likeness (QED) is 0.732. The summed E-state index contributed by atoms with van der Waals surface area (Å²) in [6.45, 7) is 0.484. The number of ether oxygens (including phenoxy) is 1. The lowest BCUT2D eigenvalue weighted by Crippen LogP contribution is -2.21. The van der Waals surface area contributed by atoms with Gasteiger partial charge in [0.2, 0.25) is 0 Å². The Labute approximate surface area is 130 Å². The van der Waals surface area contributed by atoms with Gasteiger partial charge in [-0.25, -0.2) is 4.98 Å². The standard InChI is InChI=1S/C16H13BrN2O2/c1-21-13-5-2-11(3-6-13)9-19-10-18-15-7-4-12(17)8-14(15)16(19)20/h2-8,10H,9H2,1H3. The van der Waals surface area contributed by atoms with Crippen LogP contribution < -0.4 is 10.3 Å². The van der Waals surface area contributed by atoms with Gasteiger partial charge in [-0.2, -0.15) is 0 Å². The maximum Gasteiger partial charge on any atom is 0.261 e. The molecule has 2 aromatic carbocycles. The number of methoxy groups -OCH3 is 1. The minimum atomic E-state index is -0.0443. The molecule has 1 heterocycles. The van der Waals surface area contributed by atoms with Crippen LogP contribution in [0.1, 0.15) is 5.56 Å². The lowest BCUT2D eigenvalue weighted by Gasteiger charge is -2.08. The maximum atomic E-state index is 12.5. The van der Waals surface area contributed by atoms with Gasteiger partial charge < -0.3 is 4.74 Å². The van der Waals surface area contributed by atoms with Gasteiger partial charge >= 0.3 is 0 Å². The molecule has 0 N–H and O–H groups in total. The van der Waals surface area contributed by atoms with Crippen LogP contribution in [0.2, 0.25) is 0 Å². The molecule has 0 radical (unpaired) electrons. The smallest absolute Gasteiger partial charge is 0.261 e.